The molecule has 1 aromatic carbocycles. The summed E-state index contributed by atoms with van der Waals surface area (Å²) < 4.78 is 11.5. The Kier molecular flexibility index (Phi) is 5.66. The van der Waals surface area contributed by atoms with Crippen LogP contribution in [0.3, 0.4) is 0 Å². The van der Waals surface area contributed by atoms with Gasteiger partial charge in [0, 0.05) is 49.5 Å². The van der Waals surface area contributed by atoms with Crippen molar-refractivity contribution < 1.29 is 23.9 Å². The van der Waals surface area contributed by atoms with E-state index in [1.165, 1.54) is 11.8 Å². The number of thioether (sulfide) groups is 1. The standard InChI is InChI=1S/C22H27N3O5S/c26-19(23-9-5-22(6-10-23)29-11-12-30-22)14-25-17-13-16(21(28)24-7-1-2-8-24)3-4-18(17)31-15-20(25)27/h3-4,13H,1-2,5-12,14-15H2. The molecule has 3 amide bonds. The Morgan fingerprint density at radius 3 is 2.42 bits per heavy atom. The molecule has 0 aromatic heterocycles. The summed E-state index contributed by atoms with van der Waals surface area (Å²) in [7, 11) is 0. The zero-order valence-corrected chi connectivity index (χ0v) is 18.3. The van der Waals surface area contributed by atoms with Gasteiger partial charge in [-0.2, -0.15) is 0 Å². The van der Waals surface area contributed by atoms with E-state index in [0.717, 1.165) is 30.8 Å². The average molecular weight is 446 g/mol. The number of likely N-dealkylation sites (tertiary alicyclic amines) is 2. The summed E-state index contributed by atoms with van der Waals surface area (Å²) in [6, 6.07) is 5.50. The van der Waals surface area contributed by atoms with Crippen molar-refractivity contribution in [2.45, 2.75) is 36.4 Å². The lowest BCUT2D eigenvalue weighted by Crippen LogP contribution is -2.51. The average Bonchev–Trinajstić information content (AvgIpc) is 3.48. The zero-order valence-electron chi connectivity index (χ0n) is 17.5. The fourth-order valence-electron chi connectivity index (χ4n) is 4.73. The van der Waals surface area contributed by atoms with E-state index in [-0.39, 0.29) is 24.3 Å². The summed E-state index contributed by atoms with van der Waals surface area (Å²) >= 11 is 1.45. The van der Waals surface area contributed by atoms with Crippen molar-refractivity contribution in [3.8, 4) is 0 Å². The molecule has 166 valence electrons. The molecule has 1 aromatic rings. The van der Waals surface area contributed by atoms with E-state index in [9.17, 15) is 14.4 Å². The zero-order chi connectivity index (χ0) is 21.4. The van der Waals surface area contributed by atoms with Gasteiger partial charge in [0.2, 0.25) is 11.8 Å². The highest BCUT2D eigenvalue weighted by Gasteiger charge is 2.41. The number of carbonyl (C=O) groups is 3. The molecule has 0 atom stereocenters. The Bertz CT molecular complexity index is 885. The summed E-state index contributed by atoms with van der Waals surface area (Å²) in [4.78, 5) is 44.7. The maximum absolute atomic E-state index is 13.0. The highest BCUT2D eigenvalue weighted by atomic mass is 32.2. The smallest absolute Gasteiger partial charge is 0.253 e. The second-order valence-corrected chi connectivity index (χ2v) is 9.46. The van der Waals surface area contributed by atoms with Crippen LogP contribution in [0.2, 0.25) is 0 Å². The molecule has 0 radical (unpaired) electrons. The molecule has 0 aliphatic carbocycles. The quantitative estimate of drug-likeness (QED) is 0.705. The Labute approximate surface area is 185 Å². The third-order valence-corrected chi connectivity index (χ3v) is 7.57. The molecule has 9 heteroatoms. The minimum atomic E-state index is -0.536. The van der Waals surface area contributed by atoms with Crippen molar-refractivity contribution in [1.29, 1.82) is 0 Å². The van der Waals surface area contributed by atoms with Crippen LogP contribution >= 0.6 is 11.8 Å². The molecule has 0 saturated carbocycles. The van der Waals surface area contributed by atoms with Gasteiger partial charge in [-0.05, 0) is 31.0 Å². The number of carbonyl (C=O) groups excluding carboxylic acids is 3. The first kappa shape index (κ1) is 20.8. The minimum Gasteiger partial charge on any atom is -0.347 e. The van der Waals surface area contributed by atoms with Crippen molar-refractivity contribution in [2.24, 2.45) is 0 Å². The number of rotatable bonds is 3. The molecule has 8 nitrogen and oxygen atoms in total. The minimum absolute atomic E-state index is 0.00695. The SMILES string of the molecule is O=C(CN1C(=O)CSc2ccc(C(=O)N3CCCC3)cc21)N1CCC2(CC1)OCCO2. The third kappa shape index (κ3) is 4.06. The Morgan fingerprint density at radius 2 is 1.71 bits per heavy atom. The van der Waals surface area contributed by atoms with Crippen LogP contribution in [-0.4, -0.2) is 85.0 Å². The van der Waals surface area contributed by atoms with Gasteiger partial charge in [0.1, 0.15) is 6.54 Å². The number of piperidine rings is 1. The van der Waals surface area contributed by atoms with Gasteiger partial charge >= 0.3 is 0 Å². The van der Waals surface area contributed by atoms with Gasteiger partial charge in [0.15, 0.2) is 5.79 Å². The first-order valence-electron chi connectivity index (χ1n) is 11.0. The molecular formula is C22H27N3O5S. The van der Waals surface area contributed by atoms with E-state index in [1.54, 1.807) is 15.9 Å². The van der Waals surface area contributed by atoms with Crippen LogP contribution < -0.4 is 4.90 Å². The van der Waals surface area contributed by atoms with Crippen LogP contribution in [0, 0.1) is 0 Å². The van der Waals surface area contributed by atoms with Crippen LogP contribution in [0.5, 0.6) is 0 Å². The highest BCUT2D eigenvalue weighted by Crippen LogP contribution is 2.37. The third-order valence-electron chi connectivity index (χ3n) is 6.53. The number of amides is 3. The van der Waals surface area contributed by atoms with Crippen LogP contribution in [0.4, 0.5) is 5.69 Å². The number of ether oxygens (including phenoxy) is 2. The topological polar surface area (TPSA) is 79.4 Å². The molecule has 0 unspecified atom stereocenters. The molecule has 4 aliphatic heterocycles. The Balaban J connectivity index is 1.30. The van der Waals surface area contributed by atoms with Crippen LogP contribution in [0.25, 0.3) is 0 Å². The fraction of sp³-hybridized carbons (Fsp3) is 0.591. The highest BCUT2D eigenvalue weighted by molar-refractivity contribution is 8.00. The maximum Gasteiger partial charge on any atom is 0.253 e. The van der Waals surface area contributed by atoms with Crippen LogP contribution in [0.15, 0.2) is 23.1 Å². The summed E-state index contributed by atoms with van der Waals surface area (Å²) in [6.45, 7) is 3.84. The molecule has 3 saturated heterocycles. The van der Waals surface area contributed by atoms with E-state index in [0.29, 0.717) is 56.1 Å². The largest absolute Gasteiger partial charge is 0.347 e. The van der Waals surface area contributed by atoms with Gasteiger partial charge in [0.05, 0.1) is 24.7 Å². The summed E-state index contributed by atoms with van der Waals surface area (Å²) in [6.07, 6.45) is 3.35. The summed E-state index contributed by atoms with van der Waals surface area (Å²) in [5.74, 6) is -0.439. The van der Waals surface area contributed by atoms with Gasteiger partial charge < -0.3 is 24.2 Å². The first-order chi connectivity index (χ1) is 15.0. The van der Waals surface area contributed by atoms with E-state index in [4.69, 9.17) is 9.47 Å². The number of benzene rings is 1. The molecule has 4 heterocycles. The van der Waals surface area contributed by atoms with Crippen molar-refractivity contribution in [3.63, 3.8) is 0 Å². The lowest BCUT2D eigenvalue weighted by atomic mass is 10.0. The van der Waals surface area contributed by atoms with Gasteiger partial charge in [-0.15, -0.1) is 11.8 Å². The first-order valence-corrected chi connectivity index (χ1v) is 12.0. The predicted octanol–water partition coefficient (Wildman–Crippen LogP) is 1.73. The van der Waals surface area contributed by atoms with Crippen molar-refractivity contribution in [3.05, 3.63) is 23.8 Å². The van der Waals surface area contributed by atoms with Gasteiger partial charge in [0.25, 0.3) is 5.91 Å². The normalized spacial score (nSPS) is 22.8. The van der Waals surface area contributed by atoms with Gasteiger partial charge in [-0.3, -0.25) is 14.4 Å². The molecule has 31 heavy (non-hydrogen) atoms. The number of hydrogen-bond acceptors (Lipinski definition) is 6. The van der Waals surface area contributed by atoms with Crippen molar-refractivity contribution >= 4 is 35.2 Å². The molecule has 4 aliphatic rings. The maximum atomic E-state index is 13.0. The van der Waals surface area contributed by atoms with Crippen molar-refractivity contribution in [2.75, 3.05) is 56.6 Å². The van der Waals surface area contributed by atoms with E-state index < -0.39 is 5.79 Å². The fourth-order valence-corrected chi connectivity index (χ4v) is 5.65. The number of fused-ring (bicyclic) bond motifs is 1. The van der Waals surface area contributed by atoms with Crippen LogP contribution in [0.1, 0.15) is 36.0 Å². The number of anilines is 1. The van der Waals surface area contributed by atoms with Gasteiger partial charge in [-0.1, -0.05) is 0 Å². The lowest BCUT2D eigenvalue weighted by molar-refractivity contribution is -0.187. The molecular weight excluding hydrogens is 418 g/mol. The predicted molar refractivity (Wildman–Crippen MR) is 115 cm³/mol. The van der Waals surface area contributed by atoms with Crippen LogP contribution in [-0.2, 0) is 19.1 Å². The molecule has 1 spiro atoms. The van der Waals surface area contributed by atoms with E-state index in [2.05, 4.69) is 0 Å². The summed E-state index contributed by atoms with van der Waals surface area (Å²) in [5, 5.41) is 0. The number of nitrogens with zero attached hydrogens (tertiary/aromatic N) is 3. The Hall–Kier alpha value is -2.10. The Morgan fingerprint density at radius 1 is 1.00 bits per heavy atom. The van der Waals surface area contributed by atoms with E-state index >= 15 is 0 Å². The molecule has 0 N–H and O–H groups in total. The van der Waals surface area contributed by atoms with Crippen molar-refractivity contribution in [1.82, 2.24) is 9.80 Å². The molecule has 5 rings (SSSR count). The second kappa shape index (κ2) is 8.44. The molecule has 0 bridgehead atoms. The second-order valence-electron chi connectivity index (χ2n) is 8.44. The van der Waals surface area contributed by atoms with Gasteiger partial charge in [-0.25, -0.2) is 0 Å². The van der Waals surface area contributed by atoms with E-state index in [1.807, 2.05) is 17.0 Å². The summed E-state index contributed by atoms with van der Waals surface area (Å²) in [5.41, 5.74) is 1.24. The lowest BCUT2D eigenvalue weighted by Gasteiger charge is -2.38. The number of hydrogen-bond donors (Lipinski definition) is 0. The monoisotopic (exact) mass is 445 g/mol. The molecule has 3 fully saturated rings.